The number of rotatable bonds is 5. The molecule has 3 heteroatoms. The summed E-state index contributed by atoms with van der Waals surface area (Å²) < 4.78 is 5.06. The first-order chi connectivity index (χ1) is 4.62. The Labute approximate surface area is 62.4 Å². The second-order valence-electron chi connectivity index (χ2n) is 2.66. The minimum atomic E-state index is -0.731. The molecule has 0 amide bonds. The van der Waals surface area contributed by atoms with E-state index < -0.39 is 5.60 Å². The van der Waals surface area contributed by atoms with Crippen molar-refractivity contribution in [2.75, 3.05) is 26.8 Å². The summed E-state index contributed by atoms with van der Waals surface area (Å²) >= 11 is 0. The smallest absolute Gasteiger partial charge is 0.0975 e. The number of hydrogen-bond acceptors (Lipinski definition) is 3. The molecule has 0 aromatic heterocycles. The summed E-state index contributed by atoms with van der Waals surface area (Å²) in [5.74, 6) is 0. The zero-order valence-corrected chi connectivity index (χ0v) is 6.98. The van der Waals surface area contributed by atoms with Gasteiger partial charge >= 0.3 is 0 Å². The summed E-state index contributed by atoms with van der Waals surface area (Å²) in [5.41, 5.74) is -0.731. The lowest BCUT2D eigenvalue weighted by molar-refractivity contribution is -0.0278. The Bertz CT molecular complexity index is 83.7. The maximum absolute atomic E-state index is 9.46. The van der Waals surface area contributed by atoms with Crippen LogP contribution < -0.4 is 5.32 Å². The molecule has 0 aliphatic heterocycles. The van der Waals surface area contributed by atoms with Gasteiger partial charge in [0.2, 0.25) is 0 Å². The van der Waals surface area contributed by atoms with Crippen LogP contribution in [-0.4, -0.2) is 37.5 Å². The Morgan fingerprint density at radius 2 is 2.20 bits per heavy atom. The second-order valence-corrected chi connectivity index (χ2v) is 2.66. The van der Waals surface area contributed by atoms with Gasteiger partial charge in [0.25, 0.3) is 0 Å². The van der Waals surface area contributed by atoms with Crippen LogP contribution in [0.15, 0.2) is 0 Å². The Kier molecular flexibility index (Phi) is 4.60. The topological polar surface area (TPSA) is 41.5 Å². The first-order valence-corrected chi connectivity index (χ1v) is 3.57. The van der Waals surface area contributed by atoms with Crippen LogP contribution in [0, 0.1) is 0 Å². The van der Waals surface area contributed by atoms with Gasteiger partial charge in [-0.1, -0.05) is 0 Å². The molecule has 1 unspecified atom stereocenters. The van der Waals surface area contributed by atoms with E-state index in [0.717, 1.165) is 0 Å². The SMILES string of the molecule is CCOCC(C)(O)CNC. The van der Waals surface area contributed by atoms with Crippen LogP contribution in [0.2, 0.25) is 0 Å². The third kappa shape index (κ3) is 4.73. The minimum absolute atomic E-state index is 0.393. The third-order valence-corrected chi connectivity index (χ3v) is 1.17. The molecule has 0 radical (unpaired) electrons. The van der Waals surface area contributed by atoms with Gasteiger partial charge in [-0.05, 0) is 20.9 Å². The van der Waals surface area contributed by atoms with E-state index in [9.17, 15) is 5.11 Å². The van der Waals surface area contributed by atoms with Gasteiger partial charge in [-0.3, -0.25) is 0 Å². The first kappa shape index (κ1) is 9.88. The molecule has 0 aliphatic carbocycles. The number of hydrogen-bond donors (Lipinski definition) is 2. The van der Waals surface area contributed by atoms with Crippen molar-refractivity contribution in [3.05, 3.63) is 0 Å². The quantitative estimate of drug-likeness (QED) is 0.575. The zero-order valence-electron chi connectivity index (χ0n) is 6.98. The van der Waals surface area contributed by atoms with Gasteiger partial charge in [0.1, 0.15) is 0 Å². The van der Waals surface area contributed by atoms with E-state index in [1.807, 2.05) is 6.92 Å². The summed E-state index contributed by atoms with van der Waals surface area (Å²) in [7, 11) is 1.81. The fourth-order valence-corrected chi connectivity index (χ4v) is 0.754. The Hall–Kier alpha value is -0.120. The zero-order chi connectivity index (χ0) is 8.04. The van der Waals surface area contributed by atoms with E-state index in [4.69, 9.17) is 4.74 Å². The van der Waals surface area contributed by atoms with Crippen molar-refractivity contribution in [2.24, 2.45) is 0 Å². The van der Waals surface area contributed by atoms with E-state index in [0.29, 0.717) is 19.8 Å². The largest absolute Gasteiger partial charge is 0.386 e. The average molecular weight is 147 g/mol. The fraction of sp³-hybridized carbons (Fsp3) is 1.00. The minimum Gasteiger partial charge on any atom is -0.386 e. The third-order valence-electron chi connectivity index (χ3n) is 1.17. The van der Waals surface area contributed by atoms with E-state index >= 15 is 0 Å². The summed E-state index contributed by atoms with van der Waals surface area (Å²) in [5, 5.41) is 12.3. The van der Waals surface area contributed by atoms with Crippen LogP contribution in [0.4, 0.5) is 0 Å². The second kappa shape index (κ2) is 4.66. The molecular weight excluding hydrogens is 130 g/mol. The lowest BCUT2D eigenvalue weighted by Crippen LogP contribution is -2.40. The summed E-state index contributed by atoms with van der Waals surface area (Å²) in [6.45, 7) is 5.27. The molecule has 2 N–H and O–H groups in total. The number of ether oxygens (including phenoxy) is 1. The highest BCUT2D eigenvalue weighted by Gasteiger charge is 2.18. The molecule has 0 spiro atoms. The van der Waals surface area contributed by atoms with Crippen molar-refractivity contribution in [3.63, 3.8) is 0 Å². The van der Waals surface area contributed by atoms with Crippen molar-refractivity contribution < 1.29 is 9.84 Å². The summed E-state index contributed by atoms with van der Waals surface area (Å²) in [6, 6.07) is 0. The molecular formula is C7H17NO2. The van der Waals surface area contributed by atoms with Gasteiger partial charge in [-0.25, -0.2) is 0 Å². The highest BCUT2D eigenvalue weighted by atomic mass is 16.5. The monoisotopic (exact) mass is 147 g/mol. The first-order valence-electron chi connectivity index (χ1n) is 3.57. The van der Waals surface area contributed by atoms with Gasteiger partial charge in [0, 0.05) is 13.2 Å². The molecule has 62 valence electrons. The highest BCUT2D eigenvalue weighted by Crippen LogP contribution is 2.00. The van der Waals surface area contributed by atoms with Gasteiger partial charge in [-0.15, -0.1) is 0 Å². The molecule has 0 heterocycles. The van der Waals surface area contributed by atoms with Crippen LogP contribution >= 0.6 is 0 Å². The molecule has 0 bridgehead atoms. The molecule has 0 fully saturated rings. The average Bonchev–Trinajstić information content (AvgIpc) is 1.84. The maximum atomic E-state index is 9.46. The van der Waals surface area contributed by atoms with Crippen molar-refractivity contribution in [1.29, 1.82) is 0 Å². The van der Waals surface area contributed by atoms with Gasteiger partial charge in [-0.2, -0.15) is 0 Å². The van der Waals surface area contributed by atoms with Crippen molar-refractivity contribution in [2.45, 2.75) is 19.4 Å². The lowest BCUT2D eigenvalue weighted by Gasteiger charge is -2.21. The Balaban J connectivity index is 3.42. The van der Waals surface area contributed by atoms with Crippen LogP contribution in [0.3, 0.4) is 0 Å². The van der Waals surface area contributed by atoms with E-state index in [2.05, 4.69) is 5.32 Å². The molecule has 0 aromatic carbocycles. The Morgan fingerprint density at radius 1 is 1.60 bits per heavy atom. The molecule has 10 heavy (non-hydrogen) atoms. The van der Waals surface area contributed by atoms with Gasteiger partial charge < -0.3 is 15.2 Å². The normalized spacial score (nSPS) is 16.8. The number of likely N-dealkylation sites (N-methyl/N-ethyl adjacent to an activating group) is 1. The van der Waals surface area contributed by atoms with Crippen LogP contribution in [-0.2, 0) is 4.74 Å². The number of aliphatic hydroxyl groups is 1. The van der Waals surface area contributed by atoms with E-state index in [-0.39, 0.29) is 0 Å². The molecule has 1 atom stereocenters. The number of nitrogens with one attached hydrogen (secondary N) is 1. The predicted molar refractivity (Wildman–Crippen MR) is 41.0 cm³/mol. The van der Waals surface area contributed by atoms with Crippen molar-refractivity contribution in [1.82, 2.24) is 5.32 Å². The van der Waals surface area contributed by atoms with Crippen LogP contribution in [0.5, 0.6) is 0 Å². The van der Waals surface area contributed by atoms with Gasteiger partial charge in [0.15, 0.2) is 0 Å². The fourth-order valence-electron chi connectivity index (χ4n) is 0.754. The maximum Gasteiger partial charge on any atom is 0.0975 e. The van der Waals surface area contributed by atoms with E-state index in [1.54, 1.807) is 14.0 Å². The molecule has 0 aromatic rings. The molecule has 3 nitrogen and oxygen atoms in total. The van der Waals surface area contributed by atoms with Crippen LogP contribution in [0.1, 0.15) is 13.8 Å². The standard InChI is InChI=1S/C7H17NO2/c1-4-10-6-7(2,9)5-8-3/h8-9H,4-6H2,1-3H3. The van der Waals surface area contributed by atoms with Crippen molar-refractivity contribution >= 4 is 0 Å². The van der Waals surface area contributed by atoms with Gasteiger partial charge in [0.05, 0.1) is 12.2 Å². The summed E-state index contributed by atoms with van der Waals surface area (Å²) in [4.78, 5) is 0. The molecule has 0 saturated heterocycles. The molecule has 0 rings (SSSR count). The Morgan fingerprint density at radius 3 is 2.60 bits per heavy atom. The van der Waals surface area contributed by atoms with Crippen molar-refractivity contribution in [3.8, 4) is 0 Å². The van der Waals surface area contributed by atoms with Crippen LogP contribution in [0.25, 0.3) is 0 Å². The van der Waals surface area contributed by atoms with E-state index in [1.165, 1.54) is 0 Å². The molecule has 0 aliphatic rings. The predicted octanol–water partition coefficient (Wildman–Crippen LogP) is -0.00670. The summed E-state index contributed by atoms with van der Waals surface area (Å²) in [6.07, 6.45) is 0. The molecule has 0 saturated carbocycles. The highest BCUT2D eigenvalue weighted by molar-refractivity contribution is 4.73. The lowest BCUT2D eigenvalue weighted by atomic mass is 10.1.